The summed E-state index contributed by atoms with van der Waals surface area (Å²) in [5, 5.41) is 10.6. The minimum Gasteiger partial charge on any atom is -0.478 e. The molecule has 0 bridgehead atoms. The van der Waals surface area contributed by atoms with E-state index in [1.807, 2.05) is 54.6 Å². The van der Waals surface area contributed by atoms with Gasteiger partial charge in [0.1, 0.15) is 0 Å². The van der Waals surface area contributed by atoms with Gasteiger partial charge in [-0.25, -0.2) is 4.79 Å². The Hall–Kier alpha value is -2.94. The highest BCUT2D eigenvalue weighted by Gasteiger charge is 2.15. The maximum atomic E-state index is 11.3. The molecule has 0 fully saturated rings. The molecule has 3 aromatic carbocycles. The van der Waals surface area contributed by atoms with Crippen LogP contribution in [0.3, 0.4) is 0 Å². The van der Waals surface area contributed by atoms with Crippen LogP contribution in [0, 0.1) is 0 Å². The second-order valence-corrected chi connectivity index (χ2v) is 5.77. The first-order valence-electron chi connectivity index (χ1n) is 7.99. The van der Waals surface area contributed by atoms with E-state index in [-0.39, 0.29) is 0 Å². The minimum atomic E-state index is -0.878. The fourth-order valence-corrected chi connectivity index (χ4v) is 3.00. The van der Waals surface area contributed by atoms with Crippen LogP contribution < -0.4 is 0 Å². The highest BCUT2D eigenvalue weighted by molar-refractivity contribution is 6.03. The standard InChI is InChI=1S/C11H8O2.C10H10O/c12-11(13)10-7-3-5-8-4-1-2-6-9(8)10;11-10-7-3-5-8-4-1-2-6-9(8)10/h1-7H,(H,12,13);1-2,4,6H,3,5,7H2. The van der Waals surface area contributed by atoms with Crippen LogP contribution in [0.25, 0.3) is 10.8 Å². The van der Waals surface area contributed by atoms with E-state index in [4.69, 9.17) is 5.11 Å². The molecule has 0 aromatic heterocycles. The lowest BCUT2D eigenvalue weighted by Crippen LogP contribution is -2.09. The van der Waals surface area contributed by atoms with Gasteiger partial charge in [-0.05, 0) is 35.2 Å². The van der Waals surface area contributed by atoms with E-state index in [0.717, 1.165) is 35.6 Å². The van der Waals surface area contributed by atoms with Crippen molar-refractivity contribution in [3.05, 3.63) is 83.4 Å². The van der Waals surface area contributed by atoms with Crippen molar-refractivity contribution in [3.63, 3.8) is 0 Å². The molecule has 4 rings (SSSR count). The highest BCUT2D eigenvalue weighted by Crippen LogP contribution is 2.20. The molecule has 0 saturated carbocycles. The SMILES string of the molecule is O=C(O)c1cccc2ccccc12.O=C1CCCc2ccccc21. The number of rotatable bonds is 1. The average Bonchev–Trinajstić information content (AvgIpc) is 2.62. The summed E-state index contributed by atoms with van der Waals surface area (Å²) in [7, 11) is 0. The first-order valence-corrected chi connectivity index (χ1v) is 7.99. The molecule has 0 unspecified atom stereocenters. The Morgan fingerprint density at radius 2 is 1.54 bits per heavy atom. The Morgan fingerprint density at radius 1 is 0.833 bits per heavy atom. The van der Waals surface area contributed by atoms with Gasteiger partial charge >= 0.3 is 5.97 Å². The van der Waals surface area contributed by atoms with Crippen LogP contribution in [-0.4, -0.2) is 16.9 Å². The second-order valence-electron chi connectivity index (χ2n) is 5.77. The number of carboxylic acids is 1. The lowest BCUT2D eigenvalue weighted by Gasteiger charge is -2.12. The molecule has 0 atom stereocenters. The largest absolute Gasteiger partial charge is 0.478 e. The number of fused-ring (bicyclic) bond motifs is 2. The number of aromatic carboxylic acids is 1. The highest BCUT2D eigenvalue weighted by atomic mass is 16.4. The van der Waals surface area contributed by atoms with E-state index in [1.54, 1.807) is 12.1 Å². The van der Waals surface area contributed by atoms with E-state index < -0.39 is 5.97 Å². The molecule has 3 nitrogen and oxygen atoms in total. The zero-order valence-electron chi connectivity index (χ0n) is 13.2. The molecule has 0 amide bonds. The molecule has 3 heteroatoms. The van der Waals surface area contributed by atoms with Gasteiger partial charge in [-0.1, -0.05) is 60.7 Å². The summed E-state index contributed by atoms with van der Waals surface area (Å²) in [6, 6.07) is 20.6. The van der Waals surface area contributed by atoms with Crippen molar-refractivity contribution in [1.82, 2.24) is 0 Å². The minimum absolute atomic E-state index is 0.312. The van der Waals surface area contributed by atoms with Gasteiger partial charge in [0.05, 0.1) is 5.56 Å². The van der Waals surface area contributed by atoms with Crippen LogP contribution >= 0.6 is 0 Å². The van der Waals surface area contributed by atoms with E-state index in [2.05, 4.69) is 0 Å². The number of carbonyl (C=O) groups is 2. The number of hydrogen-bond acceptors (Lipinski definition) is 2. The monoisotopic (exact) mass is 318 g/mol. The first kappa shape index (κ1) is 15.9. The Balaban J connectivity index is 0.000000143. The fraction of sp³-hybridized carbons (Fsp3) is 0.143. The van der Waals surface area contributed by atoms with Gasteiger partial charge in [0.25, 0.3) is 0 Å². The van der Waals surface area contributed by atoms with Gasteiger partial charge in [-0.2, -0.15) is 0 Å². The van der Waals surface area contributed by atoms with Gasteiger partial charge in [0.15, 0.2) is 5.78 Å². The maximum absolute atomic E-state index is 11.3. The summed E-state index contributed by atoms with van der Waals surface area (Å²) >= 11 is 0. The maximum Gasteiger partial charge on any atom is 0.336 e. The summed E-state index contributed by atoms with van der Waals surface area (Å²) in [5.41, 5.74) is 2.53. The predicted octanol–water partition coefficient (Wildman–Crippen LogP) is 4.74. The van der Waals surface area contributed by atoms with Gasteiger partial charge < -0.3 is 5.11 Å². The van der Waals surface area contributed by atoms with Crippen molar-refractivity contribution in [1.29, 1.82) is 0 Å². The topological polar surface area (TPSA) is 54.4 Å². The molecule has 1 N–H and O–H groups in total. The van der Waals surface area contributed by atoms with Crippen LogP contribution in [0.2, 0.25) is 0 Å². The van der Waals surface area contributed by atoms with Crippen molar-refractivity contribution in [2.24, 2.45) is 0 Å². The van der Waals surface area contributed by atoms with Gasteiger partial charge in [0.2, 0.25) is 0 Å². The third-order valence-corrected chi connectivity index (χ3v) is 4.19. The molecule has 1 aliphatic carbocycles. The average molecular weight is 318 g/mol. The van der Waals surface area contributed by atoms with Crippen LogP contribution in [0.4, 0.5) is 0 Å². The van der Waals surface area contributed by atoms with E-state index in [1.165, 1.54) is 5.56 Å². The third-order valence-electron chi connectivity index (χ3n) is 4.19. The normalized spacial score (nSPS) is 12.9. The van der Waals surface area contributed by atoms with Crippen molar-refractivity contribution in [2.75, 3.05) is 0 Å². The van der Waals surface area contributed by atoms with E-state index in [9.17, 15) is 9.59 Å². The zero-order valence-corrected chi connectivity index (χ0v) is 13.2. The Bertz CT molecular complexity index is 891. The Labute approximate surface area is 140 Å². The molecule has 0 heterocycles. The molecule has 120 valence electrons. The number of ketones is 1. The zero-order chi connectivity index (χ0) is 16.9. The van der Waals surface area contributed by atoms with Crippen LogP contribution in [0.15, 0.2) is 66.7 Å². The quantitative estimate of drug-likeness (QED) is 0.705. The fourth-order valence-electron chi connectivity index (χ4n) is 3.00. The van der Waals surface area contributed by atoms with Gasteiger partial charge in [-0.15, -0.1) is 0 Å². The molecule has 0 radical (unpaired) electrons. The van der Waals surface area contributed by atoms with Crippen molar-refractivity contribution < 1.29 is 14.7 Å². The number of carbonyl (C=O) groups excluding carboxylic acids is 1. The van der Waals surface area contributed by atoms with E-state index in [0.29, 0.717) is 11.3 Å². The summed E-state index contributed by atoms with van der Waals surface area (Å²) in [5.74, 6) is -0.566. The summed E-state index contributed by atoms with van der Waals surface area (Å²) in [6.07, 6.45) is 2.83. The van der Waals surface area contributed by atoms with Crippen molar-refractivity contribution in [2.45, 2.75) is 19.3 Å². The number of Topliss-reactive ketones (excluding diaryl/α,β-unsaturated/α-hetero) is 1. The molecule has 1 aliphatic rings. The van der Waals surface area contributed by atoms with Crippen molar-refractivity contribution >= 4 is 22.5 Å². The van der Waals surface area contributed by atoms with Crippen LogP contribution in [0.5, 0.6) is 0 Å². The van der Waals surface area contributed by atoms with Gasteiger partial charge in [0, 0.05) is 12.0 Å². The second kappa shape index (κ2) is 7.09. The van der Waals surface area contributed by atoms with E-state index >= 15 is 0 Å². The number of aryl methyl sites for hydroxylation is 1. The summed E-state index contributed by atoms with van der Waals surface area (Å²) in [6.45, 7) is 0. The van der Waals surface area contributed by atoms with Crippen LogP contribution in [0.1, 0.15) is 39.1 Å². The third kappa shape index (κ3) is 3.35. The molecular formula is C21H18O3. The van der Waals surface area contributed by atoms with Crippen LogP contribution in [-0.2, 0) is 6.42 Å². The lowest BCUT2D eigenvalue weighted by molar-refractivity contribution is 0.0698. The Morgan fingerprint density at radius 3 is 2.33 bits per heavy atom. The number of carboxylic acid groups (broad SMARTS) is 1. The number of benzene rings is 3. The molecule has 3 aromatic rings. The Kier molecular flexibility index (Phi) is 4.71. The lowest BCUT2D eigenvalue weighted by atomic mass is 9.91. The smallest absolute Gasteiger partial charge is 0.336 e. The molecule has 0 aliphatic heterocycles. The summed E-state index contributed by atoms with van der Waals surface area (Å²) in [4.78, 5) is 22.1. The number of hydrogen-bond donors (Lipinski definition) is 1. The molecular weight excluding hydrogens is 300 g/mol. The molecule has 0 saturated heterocycles. The molecule has 0 spiro atoms. The van der Waals surface area contributed by atoms with Gasteiger partial charge in [-0.3, -0.25) is 4.79 Å². The predicted molar refractivity (Wildman–Crippen MR) is 94.6 cm³/mol. The summed E-state index contributed by atoms with van der Waals surface area (Å²) < 4.78 is 0. The molecule has 24 heavy (non-hydrogen) atoms. The van der Waals surface area contributed by atoms with Crippen molar-refractivity contribution in [3.8, 4) is 0 Å². The first-order chi connectivity index (χ1) is 11.7.